The quantitative estimate of drug-likeness (QED) is 0.579. The standard InChI is InChI=1S/C19H16FN5O/c20-16-9-14(6-7-18(16)25-12-21-11-23-25)24-19(26)8-5-13-10-22-17-4-2-1-3-15(13)17/h1-4,6-7,9-12,22H,5,8H2,(H,24,26). The lowest BCUT2D eigenvalue weighted by Crippen LogP contribution is -2.12. The van der Waals surface area contributed by atoms with Gasteiger partial charge in [-0.05, 0) is 36.2 Å². The van der Waals surface area contributed by atoms with Gasteiger partial charge >= 0.3 is 0 Å². The SMILES string of the molecule is O=C(CCc1c[nH]c2ccccc12)Nc1ccc(-n2cncn2)c(F)c1. The molecule has 7 heteroatoms. The van der Waals surface area contributed by atoms with Crippen LogP contribution in [-0.2, 0) is 11.2 Å². The van der Waals surface area contributed by atoms with Crippen molar-refractivity contribution in [1.29, 1.82) is 0 Å². The number of carbonyl (C=O) groups is 1. The third kappa shape index (κ3) is 3.19. The monoisotopic (exact) mass is 349 g/mol. The first kappa shape index (κ1) is 16.0. The summed E-state index contributed by atoms with van der Waals surface area (Å²) in [5.41, 5.74) is 2.83. The molecule has 0 atom stereocenters. The summed E-state index contributed by atoms with van der Waals surface area (Å²) in [5.74, 6) is -0.645. The first-order valence-corrected chi connectivity index (χ1v) is 8.20. The Morgan fingerprint density at radius 1 is 1.23 bits per heavy atom. The van der Waals surface area contributed by atoms with Gasteiger partial charge in [-0.1, -0.05) is 18.2 Å². The lowest BCUT2D eigenvalue weighted by molar-refractivity contribution is -0.116. The molecule has 0 aliphatic heterocycles. The van der Waals surface area contributed by atoms with E-state index >= 15 is 0 Å². The molecule has 2 N–H and O–H groups in total. The number of hydrogen-bond donors (Lipinski definition) is 2. The minimum Gasteiger partial charge on any atom is -0.361 e. The number of amides is 1. The molecule has 26 heavy (non-hydrogen) atoms. The van der Waals surface area contributed by atoms with Crippen molar-refractivity contribution in [2.75, 3.05) is 5.32 Å². The maximum Gasteiger partial charge on any atom is 0.224 e. The van der Waals surface area contributed by atoms with Crippen molar-refractivity contribution >= 4 is 22.5 Å². The third-order valence-electron chi connectivity index (χ3n) is 4.19. The van der Waals surface area contributed by atoms with Gasteiger partial charge in [0.05, 0.1) is 0 Å². The Labute approximate surface area is 148 Å². The second kappa shape index (κ2) is 6.79. The number of fused-ring (bicyclic) bond motifs is 1. The Hall–Kier alpha value is -3.48. The molecular weight excluding hydrogens is 333 g/mol. The number of nitrogens with zero attached hydrogens (tertiary/aromatic N) is 3. The smallest absolute Gasteiger partial charge is 0.224 e. The van der Waals surface area contributed by atoms with E-state index in [1.807, 2.05) is 30.5 Å². The van der Waals surface area contributed by atoms with Crippen molar-refractivity contribution in [1.82, 2.24) is 19.7 Å². The maximum absolute atomic E-state index is 14.2. The molecule has 0 spiro atoms. The molecule has 130 valence electrons. The molecule has 0 radical (unpaired) electrons. The minimum absolute atomic E-state index is 0.164. The maximum atomic E-state index is 14.2. The Kier molecular flexibility index (Phi) is 4.18. The van der Waals surface area contributed by atoms with Gasteiger partial charge in [0.25, 0.3) is 0 Å². The van der Waals surface area contributed by atoms with E-state index in [2.05, 4.69) is 20.4 Å². The number of para-hydroxylation sites is 1. The summed E-state index contributed by atoms with van der Waals surface area (Å²) in [6.45, 7) is 0. The predicted molar refractivity (Wildman–Crippen MR) is 96.6 cm³/mol. The summed E-state index contributed by atoms with van der Waals surface area (Å²) < 4.78 is 15.5. The van der Waals surface area contributed by atoms with Crippen LogP contribution >= 0.6 is 0 Å². The average Bonchev–Trinajstić information content (AvgIpc) is 3.30. The number of rotatable bonds is 5. The molecule has 4 aromatic rings. The molecular formula is C19H16FN5O. The van der Waals surface area contributed by atoms with Gasteiger partial charge in [0.2, 0.25) is 5.91 Å². The molecule has 0 aliphatic rings. The van der Waals surface area contributed by atoms with E-state index in [1.54, 1.807) is 12.1 Å². The average molecular weight is 349 g/mol. The normalized spacial score (nSPS) is 11.0. The van der Waals surface area contributed by atoms with Crippen molar-refractivity contribution in [3.63, 3.8) is 0 Å². The second-order valence-corrected chi connectivity index (χ2v) is 5.91. The summed E-state index contributed by atoms with van der Waals surface area (Å²) in [6.07, 6.45) is 5.59. The van der Waals surface area contributed by atoms with Crippen LogP contribution in [0.3, 0.4) is 0 Å². The Bertz CT molecular complexity index is 1050. The van der Waals surface area contributed by atoms with Crippen LogP contribution in [0.15, 0.2) is 61.3 Å². The van der Waals surface area contributed by atoms with Crippen LogP contribution < -0.4 is 5.32 Å². The fraction of sp³-hybridized carbons (Fsp3) is 0.105. The molecule has 2 heterocycles. The first-order valence-electron chi connectivity index (χ1n) is 8.20. The molecule has 2 aromatic heterocycles. The molecule has 1 amide bonds. The van der Waals surface area contributed by atoms with Gasteiger partial charge in [-0.3, -0.25) is 4.79 Å². The molecule has 0 saturated heterocycles. The number of carbonyl (C=O) groups excluding carboxylic acids is 1. The highest BCUT2D eigenvalue weighted by Gasteiger charge is 2.10. The molecule has 0 aliphatic carbocycles. The molecule has 0 fully saturated rings. The summed E-state index contributed by atoms with van der Waals surface area (Å²) in [5, 5.41) is 7.74. The van der Waals surface area contributed by atoms with E-state index in [1.165, 1.54) is 23.4 Å². The Balaban J connectivity index is 1.41. The van der Waals surface area contributed by atoms with E-state index in [4.69, 9.17) is 0 Å². The number of benzene rings is 2. The number of halogens is 1. The van der Waals surface area contributed by atoms with E-state index in [0.29, 0.717) is 18.5 Å². The predicted octanol–water partition coefficient (Wildman–Crippen LogP) is 3.46. The lowest BCUT2D eigenvalue weighted by atomic mass is 10.1. The summed E-state index contributed by atoms with van der Waals surface area (Å²) >= 11 is 0. The fourth-order valence-electron chi connectivity index (χ4n) is 2.91. The number of aromatic amines is 1. The Morgan fingerprint density at radius 2 is 2.12 bits per heavy atom. The van der Waals surface area contributed by atoms with Crippen molar-refractivity contribution in [2.45, 2.75) is 12.8 Å². The molecule has 0 unspecified atom stereocenters. The summed E-state index contributed by atoms with van der Waals surface area (Å²) in [4.78, 5) is 19.2. The zero-order valence-electron chi connectivity index (χ0n) is 13.8. The zero-order valence-corrected chi connectivity index (χ0v) is 13.8. The lowest BCUT2D eigenvalue weighted by Gasteiger charge is -2.08. The van der Waals surface area contributed by atoms with Crippen LogP contribution in [-0.4, -0.2) is 25.7 Å². The van der Waals surface area contributed by atoms with Crippen molar-refractivity contribution in [3.05, 3.63) is 72.7 Å². The molecule has 2 aromatic carbocycles. The summed E-state index contributed by atoms with van der Waals surface area (Å²) in [7, 11) is 0. The van der Waals surface area contributed by atoms with Gasteiger partial charge in [0.1, 0.15) is 18.3 Å². The van der Waals surface area contributed by atoms with E-state index in [-0.39, 0.29) is 11.6 Å². The molecule has 0 saturated carbocycles. The van der Waals surface area contributed by atoms with Crippen LogP contribution in [0.25, 0.3) is 16.6 Å². The van der Waals surface area contributed by atoms with E-state index in [9.17, 15) is 9.18 Å². The summed E-state index contributed by atoms with van der Waals surface area (Å²) in [6, 6.07) is 12.4. The van der Waals surface area contributed by atoms with Crippen LogP contribution in [0.4, 0.5) is 10.1 Å². The van der Waals surface area contributed by atoms with Gasteiger partial charge < -0.3 is 10.3 Å². The van der Waals surface area contributed by atoms with Gasteiger partial charge in [-0.15, -0.1) is 0 Å². The van der Waals surface area contributed by atoms with Gasteiger partial charge in [-0.2, -0.15) is 5.10 Å². The van der Waals surface area contributed by atoms with Crippen molar-refractivity contribution in [3.8, 4) is 5.69 Å². The Morgan fingerprint density at radius 3 is 2.92 bits per heavy atom. The van der Waals surface area contributed by atoms with Crippen molar-refractivity contribution < 1.29 is 9.18 Å². The highest BCUT2D eigenvalue weighted by Crippen LogP contribution is 2.20. The van der Waals surface area contributed by atoms with Crippen LogP contribution in [0.1, 0.15) is 12.0 Å². The highest BCUT2D eigenvalue weighted by atomic mass is 19.1. The number of aryl methyl sites for hydroxylation is 1. The van der Waals surface area contributed by atoms with Gasteiger partial charge in [0, 0.05) is 29.2 Å². The van der Waals surface area contributed by atoms with Crippen LogP contribution in [0.2, 0.25) is 0 Å². The molecule has 0 bridgehead atoms. The largest absolute Gasteiger partial charge is 0.361 e. The fourth-order valence-corrected chi connectivity index (χ4v) is 2.91. The van der Waals surface area contributed by atoms with Crippen molar-refractivity contribution in [2.24, 2.45) is 0 Å². The third-order valence-corrected chi connectivity index (χ3v) is 4.19. The number of anilines is 1. The molecule has 6 nitrogen and oxygen atoms in total. The van der Waals surface area contributed by atoms with Gasteiger partial charge in [0.15, 0.2) is 5.82 Å². The number of H-pyrrole nitrogens is 1. The minimum atomic E-state index is -0.482. The first-order chi connectivity index (χ1) is 12.7. The number of nitrogens with one attached hydrogen (secondary N) is 2. The zero-order chi connectivity index (χ0) is 17.9. The van der Waals surface area contributed by atoms with Crippen LogP contribution in [0, 0.1) is 5.82 Å². The number of aromatic nitrogens is 4. The number of hydrogen-bond acceptors (Lipinski definition) is 3. The molecule has 4 rings (SSSR count). The van der Waals surface area contributed by atoms with E-state index in [0.717, 1.165) is 16.5 Å². The van der Waals surface area contributed by atoms with Gasteiger partial charge in [-0.25, -0.2) is 14.1 Å². The highest BCUT2D eigenvalue weighted by molar-refractivity contribution is 5.91. The topological polar surface area (TPSA) is 75.6 Å². The second-order valence-electron chi connectivity index (χ2n) is 5.91. The van der Waals surface area contributed by atoms with Crippen LogP contribution in [0.5, 0.6) is 0 Å². The van der Waals surface area contributed by atoms with E-state index < -0.39 is 5.82 Å².